The summed E-state index contributed by atoms with van der Waals surface area (Å²) >= 11 is 3.60. The number of benzene rings is 1. The molecule has 120 valence electrons. The van der Waals surface area contributed by atoms with E-state index in [9.17, 15) is 9.18 Å². The lowest BCUT2D eigenvalue weighted by atomic mass is 10.0. The number of carbonyl (C=O) groups excluding carboxylic acids is 1. The third kappa shape index (κ3) is 4.57. The second-order valence-corrected chi connectivity index (χ2v) is 7.18. The number of nitrogens with zero attached hydrogens (tertiary/aromatic N) is 1. The van der Waals surface area contributed by atoms with E-state index in [4.69, 9.17) is 4.74 Å². The second-order valence-electron chi connectivity index (χ2n) is 6.39. The molecule has 0 unspecified atom stereocenters. The van der Waals surface area contributed by atoms with Gasteiger partial charge < -0.3 is 9.64 Å². The number of ether oxygens (including phenoxy) is 1. The first-order valence-electron chi connectivity index (χ1n) is 7.37. The van der Waals surface area contributed by atoms with E-state index in [1.165, 1.54) is 17.7 Å². The van der Waals surface area contributed by atoms with Gasteiger partial charge in [-0.25, -0.2) is 9.18 Å². The van der Waals surface area contributed by atoms with Gasteiger partial charge in [0.25, 0.3) is 0 Å². The normalized spacial score (nSPS) is 15.7. The lowest BCUT2D eigenvalue weighted by Gasteiger charge is -2.31. The summed E-state index contributed by atoms with van der Waals surface area (Å²) in [5.74, 6) is -0.242. The standard InChI is InChI=1S/C17H21BrFNO2/c1-17(2,3)22-16(21)20-10-8-13(9-11-20)15(18)12-4-6-14(19)7-5-12/h4-7H,8-11H2,1-3H3. The zero-order valence-corrected chi connectivity index (χ0v) is 14.7. The molecule has 0 N–H and O–H groups in total. The molecule has 1 amide bonds. The molecule has 0 aromatic heterocycles. The average molecular weight is 370 g/mol. The summed E-state index contributed by atoms with van der Waals surface area (Å²) < 4.78 is 19.4. The first-order valence-corrected chi connectivity index (χ1v) is 8.17. The van der Waals surface area contributed by atoms with Crippen molar-refractivity contribution in [3.63, 3.8) is 0 Å². The molecule has 0 radical (unpaired) electrons. The Morgan fingerprint density at radius 1 is 1.18 bits per heavy atom. The van der Waals surface area contributed by atoms with Crippen LogP contribution in [0, 0.1) is 5.82 Å². The van der Waals surface area contributed by atoms with Crippen LogP contribution in [0.3, 0.4) is 0 Å². The van der Waals surface area contributed by atoms with Gasteiger partial charge in [0.2, 0.25) is 0 Å². The average Bonchev–Trinajstić information content (AvgIpc) is 2.46. The van der Waals surface area contributed by atoms with Crippen LogP contribution >= 0.6 is 15.9 Å². The van der Waals surface area contributed by atoms with Crippen molar-refractivity contribution >= 4 is 26.5 Å². The number of hydrogen-bond acceptors (Lipinski definition) is 2. The predicted octanol–water partition coefficient (Wildman–Crippen LogP) is 4.96. The minimum Gasteiger partial charge on any atom is -0.444 e. The van der Waals surface area contributed by atoms with E-state index in [0.29, 0.717) is 13.1 Å². The Morgan fingerprint density at radius 2 is 1.73 bits per heavy atom. The molecule has 0 atom stereocenters. The van der Waals surface area contributed by atoms with Crippen molar-refractivity contribution in [2.75, 3.05) is 13.1 Å². The van der Waals surface area contributed by atoms with Gasteiger partial charge in [-0.15, -0.1) is 0 Å². The molecule has 1 aromatic carbocycles. The van der Waals surface area contributed by atoms with E-state index >= 15 is 0 Å². The Labute approximate surface area is 139 Å². The number of likely N-dealkylation sites (tertiary alicyclic amines) is 1. The Morgan fingerprint density at radius 3 is 2.23 bits per heavy atom. The van der Waals surface area contributed by atoms with Crippen LogP contribution in [0.5, 0.6) is 0 Å². The van der Waals surface area contributed by atoms with Crippen molar-refractivity contribution in [1.29, 1.82) is 0 Å². The molecule has 22 heavy (non-hydrogen) atoms. The Balaban J connectivity index is 2.00. The Kier molecular flexibility index (Phi) is 5.27. The number of halogens is 2. The van der Waals surface area contributed by atoms with Gasteiger partial charge in [-0.05, 0) is 51.3 Å². The number of amides is 1. The fourth-order valence-electron chi connectivity index (χ4n) is 2.31. The zero-order valence-electron chi connectivity index (χ0n) is 13.2. The Bertz CT molecular complexity index is 565. The minimum absolute atomic E-state index is 0.242. The van der Waals surface area contributed by atoms with Crippen molar-refractivity contribution in [2.24, 2.45) is 0 Å². The fraction of sp³-hybridized carbons (Fsp3) is 0.471. The summed E-state index contributed by atoms with van der Waals surface area (Å²) in [6.07, 6.45) is 1.32. The smallest absolute Gasteiger partial charge is 0.410 e. The SMILES string of the molecule is CC(C)(C)OC(=O)N1CCC(=C(Br)c2ccc(F)cc2)CC1. The van der Waals surface area contributed by atoms with Crippen LogP contribution in [0.4, 0.5) is 9.18 Å². The van der Waals surface area contributed by atoms with Crippen LogP contribution in [0.1, 0.15) is 39.2 Å². The maximum atomic E-state index is 13.0. The van der Waals surface area contributed by atoms with Gasteiger partial charge >= 0.3 is 6.09 Å². The first kappa shape index (κ1) is 17.0. The molecular weight excluding hydrogens is 349 g/mol. The van der Waals surface area contributed by atoms with E-state index in [0.717, 1.165) is 22.9 Å². The molecule has 0 bridgehead atoms. The molecule has 1 aromatic rings. The highest BCUT2D eigenvalue weighted by molar-refractivity contribution is 9.15. The molecule has 1 fully saturated rings. The van der Waals surface area contributed by atoms with Crippen molar-refractivity contribution < 1.29 is 13.9 Å². The lowest BCUT2D eigenvalue weighted by Crippen LogP contribution is -2.40. The second kappa shape index (κ2) is 6.82. The fourth-order valence-corrected chi connectivity index (χ4v) is 2.97. The molecular formula is C17H21BrFNO2. The Hall–Kier alpha value is -1.36. The summed E-state index contributed by atoms with van der Waals surface area (Å²) in [5.41, 5.74) is 1.73. The molecule has 0 aliphatic carbocycles. The van der Waals surface area contributed by atoms with Gasteiger partial charge in [-0.1, -0.05) is 33.6 Å². The van der Waals surface area contributed by atoms with E-state index in [1.54, 1.807) is 17.0 Å². The van der Waals surface area contributed by atoms with Crippen LogP contribution in [-0.4, -0.2) is 29.7 Å². The highest BCUT2D eigenvalue weighted by Crippen LogP contribution is 2.31. The zero-order chi connectivity index (χ0) is 16.3. The number of carbonyl (C=O) groups is 1. The number of rotatable bonds is 1. The van der Waals surface area contributed by atoms with Crippen LogP contribution in [0.2, 0.25) is 0 Å². The van der Waals surface area contributed by atoms with Crippen molar-refractivity contribution in [1.82, 2.24) is 4.90 Å². The molecule has 0 spiro atoms. The molecule has 3 nitrogen and oxygen atoms in total. The summed E-state index contributed by atoms with van der Waals surface area (Å²) in [6, 6.07) is 6.42. The van der Waals surface area contributed by atoms with Gasteiger partial charge in [-0.2, -0.15) is 0 Å². The van der Waals surface area contributed by atoms with Gasteiger partial charge in [0.15, 0.2) is 0 Å². The van der Waals surface area contributed by atoms with Crippen LogP contribution in [0.25, 0.3) is 4.48 Å². The first-order chi connectivity index (χ1) is 10.3. The topological polar surface area (TPSA) is 29.5 Å². The lowest BCUT2D eigenvalue weighted by molar-refractivity contribution is 0.0237. The minimum atomic E-state index is -0.470. The van der Waals surface area contributed by atoms with Gasteiger partial charge in [0, 0.05) is 17.6 Å². The van der Waals surface area contributed by atoms with Crippen LogP contribution < -0.4 is 0 Å². The number of piperidine rings is 1. The molecule has 1 aliphatic rings. The molecule has 1 heterocycles. The molecule has 1 saturated heterocycles. The van der Waals surface area contributed by atoms with E-state index in [2.05, 4.69) is 15.9 Å². The molecule has 1 aliphatic heterocycles. The van der Waals surface area contributed by atoms with Crippen molar-refractivity contribution in [3.8, 4) is 0 Å². The molecule has 5 heteroatoms. The summed E-state index contributed by atoms with van der Waals surface area (Å²) in [5, 5.41) is 0. The maximum absolute atomic E-state index is 13.0. The van der Waals surface area contributed by atoms with Gasteiger partial charge in [-0.3, -0.25) is 0 Å². The summed E-state index contributed by atoms with van der Waals surface area (Å²) in [4.78, 5) is 13.8. The summed E-state index contributed by atoms with van der Waals surface area (Å²) in [6.45, 7) is 6.88. The van der Waals surface area contributed by atoms with Gasteiger partial charge in [0.1, 0.15) is 11.4 Å². The van der Waals surface area contributed by atoms with E-state index in [-0.39, 0.29) is 11.9 Å². The third-order valence-electron chi connectivity index (χ3n) is 3.43. The quantitative estimate of drug-likeness (QED) is 0.699. The van der Waals surface area contributed by atoms with Crippen molar-refractivity contribution in [3.05, 3.63) is 41.2 Å². The largest absolute Gasteiger partial charge is 0.444 e. The summed E-state index contributed by atoms with van der Waals surface area (Å²) in [7, 11) is 0. The third-order valence-corrected chi connectivity index (χ3v) is 4.45. The monoisotopic (exact) mass is 369 g/mol. The maximum Gasteiger partial charge on any atom is 0.410 e. The highest BCUT2D eigenvalue weighted by Gasteiger charge is 2.25. The van der Waals surface area contributed by atoms with Crippen LogP contribution in [-0.2, 0) is 4.74 Å². The molecule has 2 rings (SSSR count). The van der Waals surface area contributed by atoms with Crippen molar-refractivity contribution in [2.45, 2.75) is 39.2 Å². The van der Waals surface area contributed by atoms with E-state index in [1.807, 2.05) is 20.8 Å². The molecule has 0 saturated carbocycles. The van der Waals surface area contributed by atoms with Gasteiger partial charge in [0.05, 0.1) is 0 Å². The number of hydrogen-bond donors (Lipinski definition) is 0. The van der Waals surface area contributed by atoms with E-state index < -0.39 is 5.60 Å². The highest BCUT2D eigenvalue weighted by atomic mass is 79.9. The predicted molar refractivity (Wildman–Crippen MR) is 89.3 cm³/mol. The van der Waals surface area contributed by atoms with Crippen LogP contribution in [0.15, 0.2) is 29.8 Å².